The van der Waals surface area contributed by atoms with E-state index in [-0.39, 0.29) is 11.9 Å². The highest BCUT2D eigenvalue weighted by atomic mass is 35.5. The summed E-state index contributed by atoms with van der Waals surface area (Å²) >= 11 is 5.93. The second-order valence-corrected chi connectivity index (χ2v) is 6.19. The summed E-state index contributed by atoms with van der Waals surface area (Å²) in [7, 11) is 0. The Hall–Kier alpha value is -1.55. The molecule has 0 aliphatic carbocycles. The van der Waals surface area contributed by atoms with Crippen molar-refractivity contribution in [3.05, 3.63) is 34.9 Å². The molecule has 1 amide bonds. The normalized spacial score (nSPS) is 22.2. The van der Waals surface area contributed by atoms with Crippen molar-refractivity contribution >= 4 is 23.5 Å². The summed E-state index contributed by atoms with van der Waals surface area (Å²) in [5.41, 5.74) is 0.844. The summed E-state index contributed by atoms with van der Waals surface area (Å²) < 4.78 is 0. The lowest BCUT2D eigenvalue weighted by molar-refractivity contribution is -0.154. The van der Waals surface area contributed by atoms with E-state index >= 15 is 0 Å². The van der Waals surface area contributed by atoms with E-state index in [0.717, 1.165) is 18.4 Å². The van der Waals surface area contributed by atoms with Crippen LogP contribution < -0.4 is 0 Å². The van der Waals surface area contributed by atoms with Crippen LogP contribution in [0, 0.1) is 5.92 Å². The van der Waals surface area contributed by atoms with Crippen LogP contribution in [0.4, 0.5) is 0 Å². The topological polar surface area (TPSA) is 57.6 Å². The molecule has 5 heteroatoms. The van der Waals surface area contributed by atoms with Gasteiger partial charge in [0.05, 0.1) is 12.0 Å². The van der Waals surface area contributed by atoms with E-state index in [1.807, 2.05) is 26.0 Å². The van der Waals surface area contributed by atoms with Crippen LogP contribution in [0.15, 0.2) is 24.3 Å². The highest BCUT2D eigenvalue weighted by Crippen LogP contribution is 2.39. The molecule has 4 nitrogen and oxygen atoms in total. The Kier molecular flexibility index (Phi) is 5.46. The summed E-state index contributed by atoms with van der Waals surface area (Å²) in [6.45, 7) is 4.06. The maximum absolute atomic E-state index is 12.5. The number of amides is 1. The molecule has 1 aromatic rings. The zero-order valence-electron chi connectivity index (χ0n) is 13.0. The number of carboxylic acid groups (broad SMARTS) is 1. The van der Waals surface area contributed by atoms with Gasteiger partial charge in [-0.1, -0.05) is 37.6 Å². The highest BCUT2D eigenvalue weighted by molar-refractivity contribution is 6.30. The third-order valence-electron chi connectivity index (χ3n) is 4.50. The van der Waals surface area contributed by atoms with Gasteiger partial charge < -0.3 is 10.0 Å². The van der Waals surface area contributed by atoms with Crippen LogP contribution in [0.3, 0.4) is 0 Å². The Balaban J connectivity index is 2.47. The molecule has 1 saturated heterocycles. The van der Waals surface area contributed by atoms with Crippen LogP contribution in [0.5, 0.6) is 0 Å². The van der Waals surface area contributed by atoms with E-state index < -0.39 is 17.9 Å². The first-order chi connectivity index (χ1) is 10.5. The third kappa shape index (κ3) is 3.27. The van der Waals surface area contributed by atoms with E-state index in [4.69, 9.17) is 11.6 Å². The zero-order valence-corrected chi connectivity index (χ0v) is 13.7. The molecule has 1 fully saturated rings. The van der Waals surface area contributed by atoms with E-state index in [0.29, 0.717) is 17.9 Å². The average Bonchev–Trinajstić information content (AvgIpc) is 2.50. The molecule has 1 N–H and O–H groups in total. The molecule has 0 radical (unpaired) electrons. The van der Waals surface area contributed by atoms with Gasteiger partial charge in [0.25, 0.3) is 0 Å². The van der Waals surface area contributed by atoms with Crippen LogP contribution in [-0.4, -0.2) is 27.9 Å². The lowest BCUT2D eigenvalue weighted by Gasteiger charge is -2.44. The Morgan fingerprint density at radius 2 is 1.91 bits per heavy atom. The number of hydrogen-bond donors (Lipinski definition) is 1. The molecule has 22 heavy (non-hydrogen) atoms. The number of hydrogen-bond acceptors (Lipinski definition) is 2. The summed E-state index contributed by atoms with van der Waals surface area (Å²) in [5.74, 6) is -1.37. The zero-order chi connectivity index (χ0) is 16.3. The number of carbonyl (C=O) groups is 2. The molecule has 0 spiro atoms. The number of benzene rings is 1. The molecular weight excluding hydrogens is 302 g/mol. The van der Waals surface area contributed by atoms with E-state index in [1.165, 1.54) is 0 Å². The number of carbonyl (C=O) groups excluding carboxylic acids is 1. The summed E-state index contributed by atoms with van der Waals surface area (Å²) in [6.07, 6.45) is 2.33. The SMILES string of the molecule is CCC(CC)N1C(=O)CC[C@@H](C(=O)O)[C@H]1c1ccc(Cl)cc1. The van der Waals surface area contributed by atoms with Gasteiger partial charge in [-0.25, -0.2) is 0 Å². The lowest BCUT2D eigenvalue weighted by atomic mass is 9.82. The molecule has 120 valence electrons. The van der Waals surface area contributed by atoms with Crippen LogP contribution in [-0.2, 0) is 9.59 Å². The summed E-state index contributed by atoms with van der Waals surface area (Å²) in [5, 5.41) is 10.2. The molecule has 1 heterocycles. The number of carboxylic acids is 1. The first-order valence-corrected chi connectivity index (χ1v) is 8.16. The second kappa shape index (κ2) is 7.14. The molecule has 1 aliphatic rings. The van der Waals surface area contributed by atoms with E-state index in [9.17, 15) is 14.7 Å². The summed E-state index contributed by atoms with van der Waals surface area (Å²) in [4.78, 5) is 26.0. The van der Waals surface area contributed by atoms with E-state index in [2.05, 4.69) is 0 Å². The number of halogens is 1. The average molecular weight is 324 g/mol. The first-order valence-electron chi connectivity index (χ1n) is 7.79. The van der Waals surface area contributed by atoms with Crippen molar-refractivity contribution in [2.45, 2.75) is 51.6 Å². The second-order valence-electron chi connectivity index (χ2n) is 5.75. The van der Waals surface area contributed by atoms with Crippen molar-refractivity contribution < 1.29 is 14.7 Å². The van der Waals surface area contributed by atoms with E-state index in [1.54, 1.807) is 17.0 Å². The standard InChI is InChI=1S/C17H22ClNO3/c1-3-13(4-2)19-15(20)10-9-14(17(21)22)16(19)11-5-7-12(18)8-6-11/h5-8,13-14,16H,3-4,9-10H2,1-2H3,(H,21,22)/t14-,16-/m1/s1. The molecule has 1 aromatic carbocycles. The first kappa shape index (κ1) is 16.8. The number of rotatable bonds is 5. The summed E-state index contributed by atoms with van der Waals surface area (Å²) in [6, 6.07) is 6.81. The fourth-order valence-electron chi connectivity index (χ4n) is 3.34. The maximum Gasteiger partial charge on any atom is 0.308 e. The fraction of sp³-hybridized carbons (Fsp3) is 0.529. The van der Waals surface area contributed by atoms with Gasteiger partial charge in [0.1, 0.15) is 0 Å². The molecule has 0 aromatic heterocycles. The van der Waals surface area contributed by atoms with Gasteiger partial charge >= 0.3 is 5.97 Å². The predicted molar refractivity (Wildman–Crippen MR) is 85.8 cm³/mol. The fourth-order valence-corrected chi connectivity index (χ4v) is 3.47. The van der Waals surface area contributed by atoms with Crippen molar-refractivity contribution in [2.75, 3.05) is 0 Å². The van der Waals surface area contributed by atoms with Gasteiger partial charge in [0, 0.05) is 17.5 Å². The van der Waals surface area contributed by atoms with Gasteiger partial charge in [-0.2, -0.15) is 0 Å². The van der Waals surface area contributed by atoms with Crippen LogP contribution >= 0.6 is 11.6 Å². The van der Waals surface area contributed by atoms with Gasteiger partial charge in [-0.15, -0.1) is 0 Å². The van der Waals surface area contributed by atoms with Gasteiger partial charge in [-0.05, 0) is 37.0 Å². The molecule has 0 unspecified atom stereocenters. The Morgan fingerprint density at radius 1 is 1.32 bits per heavy atom. The minimum Gasteiger partial charge on any atom is -0.481 e. The van der Waals surface area contributed by atoms with Crippen molar-refractivity contribution in [3.8, 4) is 0 Å². The molecule has 0 bridgehead atoms. The van der Waals surface area contributed by atoms with Crippen LogP contribution in [0.2, 0.25) is 5.02 Å². The smallest absolute Gasteiger partial charge is 0.308 e. The van der Waals surface area contributed by atoms with Gasteiger partial charge in [-0.3, -0.25) is 9.59 Å². The minimum absolute atomic E-state index is 0.0474. The van der Waals surface area contributed by atoms with Crippen molar-refractivity contribution in [2.24, 2.45) is 5.92 Å². The molecule has 2 rings (SSSR count). The van der Waals surface area contributed by atoms with Crippen LogP contribution in [0.1, 0.15) is 51.1 Å². The largest absolute Gasteiger partial charge is 0.481 e. The molecule has 1 aliphatic heterocycles. The van der Waals surface area contributed by atoms with Crippen molar-refractivity contribution in [3.63, 3.8) is 0 Å². The molecule has 2 atom stereocenters. The Morgan fingerprint density at radius 3 is 2.41 bits per heavy atom. The number of aliphatic carboxylic acids is 1. The van der Waals surface area contributed by atoms with Gasteiger partial charge in [0.2, 0.25) is 5.91 Å². The highest BCUT2D eigenvalue weighted by Gasteiger charge is 2.42. The maximum atomic E-state index is 12.5. The Bertz CT molecular complexity index is 539. The number of piperidine rings is 1. The minimum atomic E-state index is -0.844. The Labute approximate surface area is 136 Å². The van der Waals surface area contributed by atoms with Gasteiger partial charge in [0.15, 0.2) is 0 Å². The van der Waals surface area contributed by atoms with Crippen molar-refractivity contribution in [1.82, 2.24) is 4.90 Å². The monoisotopic (exact) mass is 323 g/mol. The van der Waals surface area contributed by atoms with Crippen molar-refractivity contribution in [1.29, 1.82) is 0 Å². The molecule has 0 saturated carbocycles. The quantitative estimate of drug-likeness (QED) is 0.894. The lowest BCUT2D eigenvalue weighted by Crippen LogP contribution is -2.50. The number of nitrogens with zero attached hydrogens (tertiary/aromatic N) is 1. The molecular formula is C17H22ClNO3. The van der Waals surface area contributed by atoms with Crippen LogP contribution in [0.25, 0.3) is 0 Å². The number of likely N-dealkylation sites (tertiary alicyclic amines) is 1. The predicted octanol–water partition coefficient (Wildman–Crippen LogP) is 3.89. The third-order valence-corrected chi connectivity index (χ3v) is 4.75.